The number of nitrogens with one attached hydrogen (secondary N) is 2. The number of anilines is 1. The quantitative estimate of drug-likeness (QED) is 0.564. The van der Waals surface area contributed by atoms with Crippen molar-refractivity contribution in [3.05, 3.63) is 58.6 Å². The Bertz CT molecular complexity index is 808. The Morgan fingerprint density at radius 1 is 1.17 bits per heavy atom. The van der Waals surface area contributed by atoms with Crippen LogP contribution in [0, 0.1) is 6.92 Å². The Balaban J connectivity index is 1.43. The summed E-state index contributed by atoms with van der Waals surface area (Å²) in [6.45, 7) is 8.23. The van der Waals surface area contributed by atoms with Crippen LogP contribution in [0.15, 0.2) is 42.5 Å². The van der Waals surface area contributed by atoms with E-state index in [1.807, 2.05) is 43.3 Å². The summed E-state index contributed by atoms with van der Waals surface area (Å²) in [5.74, 6) is 0.470. The molecule has 0 atom stereocenters. The highest BCUT2D eigenvalue weighted by Crippen LogP contribution is 2.23. The molecule has 2 aromatic carbocycles. The number of nitrogens with zero attached hydrogens (tertiary/aromatic N) is 1. The third kappa shape index (κ3) is 7.61. The van der Waals surface area contributed by atoms with Gasteiger partial charge in [-0.2, -0.15) is 0 Å². The van der Waals surface area contributed by atoms with Crippen molar-refractivity contribution >= 4 is 23.2 Å². The van der Waals surface area contributed by atoms with E-state index in [2.05, 4.69) is 15.5 Å². The molecule has 0 aromatic heterocycles. The van der Waals surface area contributed by atoms with Gasteiger partial charge in [0.1, 0.15) is 5.75 Å². The third-order valence-electron chi connectivity index (χ3n) is 4.96. The van der Waals surface area contributed by atoms with Crippen LogP contribution >= 0.6 is 11.6 Å². The van der Waals surface area contributed by atoms with Gasteiger partial charge in [-0.05, 0) is 56.8 Å². The molecule has 0 bridgehead atoms. The summed E-state index contributed by atoms with van der Waals surface area (Å²) >= 11 is 6.16. The van der Waals surface area contributed by atoms with Gasteiger partial charge in [0.05, 0.1) is 13.2 Å². The molecule has 0 spiro atoms. The Morgan fingerprint density at radius 2 is 1.93 bits per heavy atom. The molecule has 2 aromatic rings. The largest absolute Gasteiger partial charge is 0.483 e. The molecule has 1 amide bonds. The first-order valence-corrected chi connectivity index (χ1v) is 10.8. The molecule has 0 aliphatic carbocycles. The van der Waals surface area contributed by atoms with Gasteiger partial charge >= 0.3 is 0 Å². The molecule has 162 valence electrons. The zero-order valence-corrected chi connectivity index (χ0v) is 18.2. The lowest BCUT2D eigenvalue weighted by Gasteiger charge is -2.26. The number of hydrogen-bond acceptors (Lipinski definition) is 5. The molecule has 7 heteroatoms. The van der Waals surface area contributed by atoms with Gasteiger partial charge in [0.15, 0.2) is 6.61 Å². The van der Waals surface area contributed by atoms with Gasteiger partial charge in [0.2, 0.25) is 0 Å². The number of aryl methyl sites for hydroxylation is 1. The molecular weight excluding hydrogens is 402 g/mol. The SMILES string of the molecule is Cc1ccc(NC(=O)COc2ccc(Cl)cc2CNCCCN2CCOCC2)cc1. The fraction of sp³-hybridized carbons (Fsp3) is 0.435. The first-order chi connectivity index (χ1) is 14.6. The number of carbonyl (C=O) groups is 1. The van der Waals surface area contributed by atoms with Gasteiger partial charge in [-0.3, -0.25) is 9.69 Å². The molecule has 0 unspecified atom stereocenters. The molecule has 0 saturated carbocycles. The van der Waals surface area contributed by atoms with E-state index in [1.165, 1.54) is 0 Å². The van der Waals surface area contributed by atoms with Crippen LogP contribution < -0.4 is 15.4 Å². The fourth-order valence-electron chi connectivity index (χ4n) is 3.28. The Labute approximate surface area is 183 Å². The maximum absolute atomic E-state index is 12.2. The van der Waals surface area contributed by atoms with Crippen molar-refractivity contribution in [1.82, 2.24) is 10.2 Å². The predicted molar refractivity (Wildman–Crippen MR) is 120 cm³/mol. The molecule has 0 radical (unpaired) electrons. The van der Waals surface area contributed by atoms with Crippen LogP contribution in [0.1, 0.15) is 17.5 Å². The number of amides is 1. The second-order valence-corrected chi connectivity index (χ2v) is 7.88. The molecule has 1 aliphatic rings. The van der Waals surface area contributed by atoms with E-state index < -0.39 is 0 Å². The molecule has 30 heavy (non-hydrogen) atoms. The highest BCUT2D eigenvalue weighted by molar-refractivity contribution is 6.30. The van der Waals surface area contributed by atoms with Crippen molar-refractivity contribution in [3.63, 3.8) is 0 Å². The lowest BCUT2D eigenvalue weighted by atomic mass is 10.2. The highest BCUT2D eigenvalue weighted by atomic mass is 35.5. The summed E-state index contributed by atoms with van der Waals surface area (Å²) in [4.78, 5) is 14.6. The standard InChI is InChI=1S/C23H30ClN3O3/c1-18-3-6-21(7-4-18)26-23(28)17-30-22-8-5-20(24)15-19(22)16-25-9-2-10-27-11-13-29-14-12-27/h3-8,15,25H,2,9-14,16-17H2,1H3,(H,26,28). The van der Waals surface area contributed by atoms with Crippen LogP contribution in [0.5, 0.6) is 5.75 Å². The lowest BCUT2D eigenvalue weighted by molar-refractivity contribution is -0.118. The van der Waals surface area contributed by atoms with Crippen LogP contribution in [0.2, 0.25) is 5.02 Å². The number of morpholine rings is 1. The van der Waals surface area contributed by atoms with E-state index in [1.54, 1.807) is 6.07 Å². The zero-order valence-electron chi connectivity index (χ0n) is 17.5. The maximum atomic E-state index is 12.2. The predicted octanol–water partition coefficient (Wildman–Crippen LogP) is 3.48. The zero-order chi connectivity index (χ0) is 21.2. The van der Waals surface area contributed by atoms with Crippen LogP contribution in [0.25, 0.3) is 0 Å². The van der Waals surface area contributed by atoms with Gasteiger partial charge in [0, 0.05) is 35.9 Å². The number of hydrogen-bond donors (Lipinski definition) is 2. The van der Waals surface area contributed by atoms with Gasteiger partial charge in [-0.1, -0.05) is 29.3 Å². The Hall–Kier alpha value is -2.12. The van der Waals surface area contributed by atoms with E-state index in [9.17, 15) is 4.79 Å². The van der Waals surface area contributed by atoms with Crippen LogP contribution in [-0.2, 0) is 16.1 Å². The number of ether oxygens (including phenoxy) is 2. The average molecular weight is 432 g/mol. The Morgan fingerprint density at radius 3 is 2.70 bits per heavy atom. The minimum Gasteiger partial charge on any atom is -0.483 e. The van der Waals surface area contributed by atoms with E-state index in [-0.39, 0.29) is 12.5 Å². The molecule has 6 nitrogen and oxygen atoms in total. The van der Waals surface area contributed by atoms with Crippen molar-refractivity contribution in [1.29, 1.82) is 0 Å². The van der Waals surface area contributed by atoms with Crippen LogP contribution in [-0.4, -0.2) is 56.8 Å². The van der Waals surface area contributed by atoms with Gasteiger partial charge in [0.25, 0.3) is 5.91 Å². The first-order valence-electron chi connectivity index (χ1n) is 10.4. The minimum absolute atomic E-state index is 0.0560. The summed E-state index contributed by atoms with van der Waals surface area (Å²) < 4.78 is 11.1. The lowest BCUT2D eigenvalue weighted by Crippen LogP contribution is -2.37. The number of benzene rings is 2. The number of rotatable bonds is 10. The summed E-state index contributed by atoms with van der Waals surface area (Å²) in [7, 11) is 0. The minimum atomic E-state index is -0.196. The van der Waals surface area contributed by atoms with E-state index in [4.69, 9.17) is 21.1 Å². The van der Waals surface area contributed by atoms with Crippen molar-refractivity contribution in [3.8, 4) is 5.75 Å². The molecule has 1 saturated heterocycles. The molecule has 3 rings (SSSR count). The molecule has 1 heterocycles. The van der Waals surface area contributed by atoms with Crippen molar-refractivity contribution in [2.75, 3.05) is 51.3 Å². The van der Waals surface area contributed by atoms with Gasteiger partial charge in [-0.15, -0.1) is 0 Å². The van der Waals surface area contributed by atoms with Crippen LogP contribution in [0.3, 0.4) is 0 Å². The normalized spacial score (nSPS) is 14.5. The number of halogens is 1. The fourth-order valence-corrected chi connectivity index (χ4v) is 3.47. The average Bonchev–Trinajstić information content (AvgIpc) is 2.75. The van der Waals surface area contributed by atoms with Crippen molar-refractivity contribution in [2.24, 2.45) is 0 Å². The maximum Gasteiger partial charge on any atom is 0.262 e. The van der Waals surface area contributed by atoms with E-state index in [0.29, 0.717) is 17.3 Å². The molecule has 2 N–H and O–H groups in total. The van der Waals surface area contributed by atoms with Gasteiger partial charge in [-0.25, -0.2) is 0 Å². The smallest absolute Gasteiger partial charge is 0.262 e. The van der Waals surface area contributed by atoms with Crippen LogP contribution in [0.4, 0.5) is 5.69 Å². The first kappa shape index (κ1) is 22.6. The van der Waals surface area contributed by atoms with Gasteiger partial charge < -0.3 is 20.1 Å². The van der Waals surface area contributed by atoms with Crippen molar-refractivity contribution in [2.45, 2.75) is 19.9 Å². The number of carbonyl (C=O) groups excluding carboxylic acids is 1. The highest BCUT2D eigenvalue weighted by Gasteiger charge is 2.10. The summed E-state index contributed by atoms with van der Waals surface area (Å²) in [6.07, 6.45) is 1.07. The topological polar surface area (TPSA) is 62.8 Å². The van der Waals surface area contributed by atoms with Crippen molar-refractivity contribution < 1.29 is 14.3 Å². The summed E-state index contributed by atoms with van der Waals surface area (Å²) in [6, 6.07) is 13.1. The summed E-state index contributed by atoms with van der Waals surface area (Å²) in [5, 5.41) is 6.94. The molecule has 1 aliphatic heterocycles. The third-order valence-corrected chi connectivity index (χ3v) is 5.20. The summed E-state index contributed by atoms with van der Waals surface area (Å²) in [5.41, 5.74) is 2.84. The molecule has 1 fully saturated rings. The van der Waals surface area contributed by atoms with E-state index in [0.717, 1.165) is 62.6 Å². The monoisotopic (exact) mass is 431 g/mol. The van der Waals surface area contributed by atoms with E-state index >= 15 is 0 Å². The Kier molecular flexibility index (Phi) is 8.96. The molecular formula is C23H30ClN3O3. The second kappa shape index (κ2) is 11.9. The second-order valence-electron chi connectivity index (χ2n) is 7.44.